The van der Waals surface area contributed by atoms with E-state index in [1.165, 1.54) is 6.08 Å². The molecule has 1 amide bonds. The number of ether oxygens (including phenoxy) is 1. The van der Waals surface area contributed by atoms with Crippen LogP contribution < -0.4 is 15.4 Å². The zero-order valence-electron chi connectivity index (χ0n) is 17.1. The summed E-state index contributed by atoms with van der Waals surface area (Å²) >= 11 is 0. The first-order valence-corrected chi connectivity index (χ1v) is 9.79. The van der Waals surface area contributed by atoms with Crippen LogP contribution in [0, 0.1) is 5.41 Å². The van der Waals surface area contributed by atoms with Crippen LogP contribution >= 0.6 is 0 Å². The summed E-state index contributed by atoms with van der Waals surface area (Å²) in [7, 11) is 0. The van der Waals surface area contributed by atoms with Crippen molar-refractivity contribution >= 4 is 29.5 Å². The topological polar surface area (TPSA) is 96.5 Å². The third-order valence-electron chi connectivity index (χ3n) is 4.54. The highest BCUT2D eigenvalue weighted by Gasteiger charge is 2.17. The fourth-order valence-electron chi connectivity index (χ4n) is 2.96. The zero-order valence-corrected chi connectivity index (χ0v) is 17.1. The van der Waals surface area contributed by atoms with Crippen LogP contribution in [0.1, 0.15) is 33.2 Å². The molecule has 3 rings (SSSR count). The fraction of sp³-hybridized carbons (Fsp3) is 0.0800. The van der Waals surface area contributed by atoms with Gasteiger partial charge in [0.1, 0.15) is 11.6 Å². The lowest BCUT2D eigenvalue weighted by atomic mass is 10.1. The van der Waals surface area contributed by atoms with Gasteiger partial charge in [-0.2, -0.15) is 0 Å². The summed E-state index contributed by atoms with van der Waals surface area (Å²) in [5.74, 6) is -0.293. The molecule has 0 bridgehead atoms. The van der Waals surface area contributed by atoms with E-state index in [1.54, 1.807) is 59.5 Å². The van der Waals surface area contributed by atoms with E-state index < -0.39 is 5.97 Å². The van der Waals surface area contributed by atoms with Crippen LogP contribution in [0.25, 0.3) is 6.08 Å². The van der Waals surface area contributed by atoms with Gasteiger partial charge in [-0.1, -0.05) is 36.4 Å². The van der Waals surface area contributed by atoms with Crippen molar-refractivity contribution in [2.45, 2.75) is 6.92 Å². The van der Waals surface area contributed by atoms with Gasteiger partial charge in [0.25, 0.3) is 5.91 Å². The van der Waals surface area contributed by atoms with Crippen LogP contribution in [-0.2, 0) is 0 Å². The molecule has 156 valence electrons. The molecule has 0 unspecified atom stereocenters. The first kappa shape index (κ1) is 21.5. The van der Waals surface area contributed by atoms with Crippen LogP contribution in [0.2, 0.25) is 0 Å². The molecule has 0 heterocycles. The van der Waals surface area contributed by atoms with Crippen LogP contribution in [0.4, 0.5) is 5.69 Å². The average molecular weight is 413 g/mol. The van der Waals surface area contributed by atoms with Crippen LogP contribution in [0.5, 0.6) is 5.75 Å². The van der Waals surface area contributed by atoms with Gasteiger partial charge >= 0.3 is 5.97 Å². The van der Waals surface area contributed by atoms with Crippen molar-refractivity contribution in [1.29, 1.82) is 5.41 Å². The SMILES string of the molecule is CCN(C(=O)c1ccc(C(=O)Oc2ccc(/C=C/C(=N)N)cc2)cc1)c1ccccc1. The van der Waals surface area contributed by atoms with Crippen molar-refractivity contribution in [3.63, 3.8) is 0 Å². The summed E-state index contributed by atoms with van der Waals surface area (Å²) in [6, 6.07) is 22.7. The molecular formula is C25H23N3O3. The Morgan fingerprint density at radius 2 is 1.55 bits per heavy atom. The number of para-hydroxylation sites is 1. The third-order valence-corrected chi connectivity index (χ3v) is 4.54. The van der Waals surface area contributed by atoms with E-state index in [0.29, 0.717) is 23.4 Å². The molecule has 6 nitrogen and oxygen atoms in total. The van der Waals surface area contributed by atoms with Crippen LogP contribution in [0.3, 0.4) is 0 Å². The molecule has 0 radical (unpaired) electrons. The second-order valence-corrected chi connectivity index (χ2v) is 6.71. The van der Waals surface area contributed by atoms with Gasteiger partial charge in [0.2, 0.25) is 0 Å². The maximum atomic E-state index is 12.9. The number of nitrogens with zero attached hydrogens (tertiary/aromatic N) is 1. The Hall–Kier alpha value is -4.19. The number of benzene rings is 3. The number of rotatable bonds is 7. The molecule has 0 saturated carbocycles. The first-order valence-electron chi connectivity index (χ1n) is 9.79. The summed E-state index contributed by atoms with van der Waals surface area (Å²) < 4.78 is 5.39. The van der Waals surface area contributed by atoms with E-state index in [-0.39, 0.29) is 11.7 Å². The van der Waals surface area contributed by atoms with Crippen molar-refractivity contribution in [2.75, 3.05) is 11.4 Å². The zero-order chi connectivity index (χ0) is 22.2. The maximum Gasteiger partial charge on any atom is 0.343 e. The van der Waals surface area contributed by atoms with Crippen molar-refractivity contribution in [1.82, 2.24) is 0 Å². The average Bonchev–Trinajstić information content (AvgIpc) is 2.80. The first-order chi connectivity index (χ1) is 15.0. The lowest BCUT2D eigenvalue weighted by Crippen LogP contribution is -2.30. The van der Waals surface area contributed by atoms with E-state index in [0.717, 1.165) is 11.3 Å². The Morgan fingerprint density at radius 1 is 0.935 bits per heavy atom. The minimum atomic E-state index is -0.513. The standard InChI is InChI=1S/C25H23N3O3/c1-2-28(21-6-4-3-5-7-21)24(29)19-11-13-20(14-12-19)25(30)31-22-15-8-18(9-16-22)10-17-23(26)27/h3-17H,2H2,1H3,(H3,26,27)/b17-10+. The van der Waals surface area contributed by atoms with Gasteiger partial charge < -0.3 is 15.4 Å². The van der Waals surface area contributed by atoms with Crippen molar-refractivity contribution in [3.8, 4) is 5.75 Å². The Kier molecular flexibility index (Phi) is 6.96. The Bertz CT molecular complexity index is 1090. The highest BCUT2D eigenvalue weighted by molar-refractivity contribution is 6.06. The highest BCUT2D eigenvalue weighted by atomic mass is 16.5. The molecule has 6 heteroatoms. The second kappa shape index (κ2) is 10.0. The third kappa shape index (κ3) is 5.67. The summed E-state index contributed by atoms with van der Waals surface area (Å²) in [6.45, 7) is 2.45. The minimum Gasteiger partial charge on any atom is -0.423 e. The molecule has 3 aromatic rings. The molecule has 0 aliphatic rings. The van der Waals surface area contributed by atoms with Gasteiger partial charge in [0.05, 0.1) is 5.56 Å². The molecule has 0 spiro atoms. The summed E-state index contributed by atoms with van der Waals surface area (Å²) in [6.07, 6.45) is 3.17. The van der Waals surface area contributed by atoms with Crippen LogP contribution in [-0.4, -0.2) is 24.3 Å². The molecule has 0 fully saturated rings. The number of nitrogens with two attached hydrogens (primary N) is 1. The lowest BCUT2D eigenvalue weighted by Gasteiger charge is -2.21. The van der Waals surface area contributed by atoms with Gasteiger partial charge in [-0.15, -0.1) is 0 Å². The number of anilines is 1. The Morgan fingerprint density at radius 3 is 2.13 bits per heavy atom. The molecule has 3 N–H and O–H groups in total. The fourth-order valence-corrected chi connectivity index (χ4v) is 2.96. The van der Waals surface area contributed by atoms with Crippen LogP contribution in [0.15, 0.2) is 84.9 Å². The normalized spacial score (nSPS) is 10.6. The van der Waals surface area contributed by atoms with E-state index >= 15 is 0 Å². The second-order valence-electron chi connectivity index (χ2n) is 6.71. The van der Waals surface area contributed by atoms with E-state index in [4.69, 9.17) is 15.9 Å². The largest absolute Gasteiger partial charge is 0.423 e. The molecule has 0 saturated heterocycles. The lowest BCUT2D eigenvalue weighted by molar-refractivity contribution is 0.0734. The number of carbonyl (C=O) groups is 2. The highest BCUT2D eigenvalue weighted by Crippen LogP contribution is 2.18. The number of hydrogen-bond donors (Lipinski definition) is 2. The van der Waals surface area contributed by atoms with Crippen molar-refractivity contribution in [3.05, 3.63) is 102 Å². The molecule has 0 aliphatic heterocycles. The van der Waals surface area contributed by atoms with E-state index in [2.05, 4.69) is 0 Å². The van der Waals surface area contributed by atoms with Gasteiger partial charge in [-0.3, -0.25) is 10.2 Å². The van der Waals surface area contributed by atoms with Crippen molar-refractivity contribution in [2.24, 2.45) is 5.73 Å². The molecule has 0 aliphatic carbocycles. The Labute approximate surface area is 181 Å². The predicted octanol–water partition coefficient (Wildman–Crippen LogP) is 4.52. The number of hydrogen-bond acceptors (Lipinski definition) is 4. The maximum absolute atomic E-state index is 12.9. The summed E-state index contributed by atoms with van der Waals surface area (Å²) in [5.41, 5.74) is 7.77. The van der Waals surface area contributed by atoms with Crippen molar-refractivity contribution < 1.29 is 14.3 Å². The van der Waals surface area contributed by atoms with Gasteiger partial charge in [0, 0.05) is 17.8 Å². The summed E-state index contributed by atoms with van der Waals surface area (Å²) in [4.78, 5) is 27.0. The van der Waals surface area contributed by atoms with Gasteiger partial charge in [-0.25, -0.2) is 4.79 Å². The van der Waals surface area contributed by atoms with Gasteiger partial charge in [-0.05, 0) is 67.1 Å². The number of nitrogens with one attached hydrogen (secondary N) is 1. The number of carbonyl (C=O) groups excluding carboxylic acids is 2. The molecule has 0 atom stereocenters. The smallest absolute Gasteiger partial charge is 0.343 e. The number of amidine groups is 1. The quantitative estimate of drug-likeness (QED) is 0.258. The molecular weight excluding hydrogens is 390 g/mol. The van der Waals surface area contributed by atoms with E-state index in [1.807, 2.05) is 37.3 Å². The monoisotopic (exact) mass is 413 g/mol. The molecule has 0 aromatic heterocycles. The number of amides is 1. The Balaban J connectivity index is 1.67. The minimum absolute atomic E-state index is 0.0386. The summed E-state index contributed by atoms with van der Waals surface area (Å²) in [5, 5.41) is 7.19. The number of esters is 1. The van der Waals surface area contributed by atoms with Gasteiger partial charge in [0.15, 0.2) is 0 Å². The molecule has 3 aromatic carbocycles. The molecule has 31 heavy (non-hydrogen) atoms. The predicted molar refractivity (Wildman–Crippen MR) is 123 cm³/mol. The van der Waals surface area contributed by atoms with E-state index in [9.17, 15) is 9.59 Å².